The zero-order chi connectivity index (χ0) is 21.8. The van der Waals surface area contributed by atoms with Crippen molar-refractivity contribution in [3.05, 3.63) is 70.8 Å². The molecule has 0 aliphatic heterocycles. The summed E-state index contributed by atoms with van der Waals surface area (Å²) in [7, 11) is 1.04. The van der Waals surface area contributed by atoms with E-state index >= 15 is 0 Å². The second kappa shape index (κ2) is 8.54. The van der Waals surface area contributed by atoms with Crippen molar-refractivity contribution in [3.8, 4) is 0 Å². The summed E-state index contributed by atoms with van der Waals surface area (Å²) in [6.45, 7) is 0. The number of rotatable bonds is 5. The van der Waals surface area contributed by atoms with Crippen molar-refractivity contribution in [2.75, 3.05) is 7.11 Å². The third-order valence-electron chi connectivity index (χ3n) is 3.92. The summed E-state index contributed by atoms with van der Waals surface area (Å²) in [5.74, 6) is -2.17. The lowest BCUT2D eigenvalue weighted by Crippen LogP contribution is -2.43. The van der Waals surface area contributed by atoms with Gasteiger partial charge in [-0.05, 0) is 23.8 Å². The van der Waals surface area contributed by atoms with Gasteiger partial charge in [-0.1, -0.05) is 30.3 Å². The highest BCUT2D eigenvalue weighted by atomic mass is 19.4. The second-order valence-electron chi connectivity index (χ2n) is 6.03. The molecule has 4 nitrogen and oxygen atoms in total. The molecule has 1 atom stereocenters. The fourth-order valence-electron chi connectivity index (χ4n) is 2.51. The van der Waals surface area contributed by atoms with Gasteiger partial charge >= 0.3 is 18.3 Å². The molecular weight excluding hydrogens is 404 g/mol. The highest BCUT2D eigenvalue weighted by Crippen LogP contribution is 2.36. The first-order chi connectivity index (χ1) is 13.4. The Balaban J connectivity index is 2.36. The van der Waals surface area contributed by atoms with Crippen LogP contribution in [-0.4, -0.2) is 25.0 Å². The molecule has 0 aromatic heterocycles. The van der Waals surface area contributed by atoms with E-state index in [0.29, 0.717) is 17.7 Å². The van der Waals surface area contributed by atoms with Crippen LogP contribution in [0.25, 0.3) is 0 Å². The molecule has 1 unspecified atom stereocenters. The second-order valence-corrected chi connectivity index (χ2v) is 6.03. The predicted octanol–water partition coefficient (Wildman–Crippen LogP) is 4.24. The highest BCUT2D eigenvalue weighted by Gasteiger charge is 2.37. The summed E-state index contributed by atoms with van der Waals surface area (Å²) in [6.07, 6.45) is -10.3. The van der Waals surface area contributed by atoms with Gasteiger partial charge < -0.3 is 10.1 Å². The number of carbonyl (C=O) groups is 2. The lowest BCUT2D eigenvalue weighted by atomic mass is 10.0. The fourth-order valence-corrected chi connectivity index (χ4v) is 2.51. The summed E-state index contributed by atoms with van der Waals surface area (Å²) < 4.78 is 82.3. The number of nitrogens with one attached hydrogen (secondary N) is 1. The van der Waals surface area contributed by atoms with Gasteiger partial charge in [0.15, 0.2) is 0 Å². The first-order valence-electron chi connectivity index (χ1n) is 8.14. The van der Waals surface area contributed by atoms with Gasteiger partial charge in [0, 0.05) is 12.0 Å². The number of benzene rings is 2. The Morgan fingerprint density at radius 2 is 1.45 bits per heavy atom. The van der Waals surface area contributed by atoms with Crippen LogP contribution in [0, 0.1) is 0 Å². The first-order valence-corrected chi connectivity index (χ1v) is 8.14. The molecule has 0 saturated heterocycles. The Labute approximate surface area is 161 Å². The lowest BCUT2D eigenvalue weighted by Gasteiger charge is -2.18. The molecule has 0 saturated carbocycles. The minimum absolute atomic E-state index is 0.0651. The van der Waals surface area contributed by atoms with E-state index in [1.54, 1.807) is 30.3 Å². The smallest absolute Gasteiger partial charge is 0.416 e. The van der Waals surface area contributed by atoms with E-state index in [1.807, 2.05) is 0 Å². The van der Waals surface area contributed by atoms with Crippen LogP contribution >= 0.6 is 0 Å². The van der Waals surface area contributed by atoms with E-state index in [0.717, 1.165) is 7.11 Å². The average Bonchev–Trinajstić information content (AvgIpc) is 2.65. The number of esters is 1. The molecule has 0 spiro atoms. The zero-order valence-electron chi connectivity index (χ0n) is 14.9. The third kappa shape index (κ3) is 5.97. The molecule has 1 N–H and O–H groups in total. The van der Waals surface area contributed by atoms with Gasteiger partial charge in [0.2, 0.25) is 0 Å². The van der Waals surface area contributed by atoms with Crippen molar-refractivity contribution < 1.29 is 40.7 Å². The Kier molecular flexibility index (Phi) is 6.55. The maximum absolute atomic E-state index is 13.0. The van der Waals surface area contributed by atoms with Crippen LogP contribution in [0.4, 0.5) is 26.3 Å². The number of halogens is 6. The fraction of sp³-hybridized carbons (Fsp3) is 0.263. The van der Waals surface area contributed by atoms with Crippen molar-refractivity contribution in [2.45, 2.75) is 24.8 Å². The molecule has 0 aliphatic rings. The SMILES string of the molecule is COC(=O)C(Cc1ccccc1)NC(=O)c1cc(C(F)(F)F)cc(C(F)(F)F)c1. The van der Waals surface area contributed by atoms with Crippen molar-refractivity contribution >= 4 is 11.9 Å². The predicted molar refractivity (Wildman–Crippen MR) is 89.9 cm³/mol. The molecule has 1 amide bonds. The van der Waals surface area contributed by atoms with E-state index < -0.39 is 47.0 Å². The number of amides is 1. The summed E-state index contributed by atoms with van der Waals surface area (Å²) in [5.41, 5.74) is -3.54. The first kappa shape index (κ1) is 22.3. The molecule has 2 aromatic carbocycles. The van der Waals surface area contributed by atoms with Crippen LogP contribution in [0.3, 0.4) is 0 Å². The van der Waals surface area contributed by atoms with Crippen LogP contribution < -0.4 is 5.32 Å². The van der Waals surface area contributed by atoms with E-state index in [4.69, 9.17) is 0 Å². The van der Waals surface area contributed by atoms with E-state index in [9.17, 15) is 35.9 Å². The van der Waals surface area contributed by atoms with Crippen LogP contribution in [0.5, 0.6) is 0 Å². The highest BCUT2D eigenvalue weighted by molar-refractivity contribution is 5.97. The molecule has 10 heteroatoms. The number of alkyl halides is 6. The summed E-state index contributed by atoms with van der Waals surface area (Å²) in [5, 5.41) is 2.14. The average molecular weight is 419 g/mol. The van der Waals surface area contributed by atoms with Crippen LogP contribution in [-0.2, 0) is 28.3 Å². The third-order valence-corrected chi connectivity index (χ3v) is 3.92. The molecule has 2 rings (SSSR count). The van der Waals surface area contributed by atoms with Crippen molar-refractivity contribution in [1.29, 1.82) is 0 Å². The van der Waals surface area contributed by atoms with Crippen molar-refractivity contribution in [1.82, 2.24) is 5.32 Å². The van der Waals surface area contributed by atoms with Gasteiger partial charge in [0.1, 0.15) is 6.04 Å². The molecule has 0 bridgehead atoms. The number of hydrogen-bond donors (Lipinski definition) is 1. The number of methoxy groups -OCH3 is 1. The van der Waals surface area contributed by atoms with Gasteiger partial charge in [0.05, 0.1) is 18.2 Å². The lowest BCUT2D eigenvalue weighted by molar-refractivity contribution is -0.144. The van der Waals surface area contributed by atoms with E-state index in [2.05, 4.69) is 10.1 Å². The number of carbonyl (C=O) groups excluding carboxylic acids is 2. The van der Waals surface area contributed by atoms with E-state index in [-0.39, 0.29) is 12.5 Å². The largest absolute Gasteiger partial charge is 0.467 e. The Bertz CT molecular complexity index is 845. The van der Waals surface area contributed by atoms with Crippen molar-refractivity contribution in [2.24, 2.45) is 0 Å². The molecule has 0 aliphatic carbocycles. The normalized spacial score (nSPS) is 12.9. The standard InChI is InChI=1S/C19H15F6NO3/c1-29-17(28)15(7-11-5-3-2-4-6-11)26-16(27)12-8-13(18(20,21)22)10-14(9-12)19(23,24)25/h2-6,8-10,15H,7H2,1H3,(H,26,27). The summed E-state index contributed by atoms with van der Waals surface area (Å²) >= 11 is 0. The molecule has 156 valence electrons. The molecule has 0 fully saturated rings. The van der Waals surface area contributed by atoms with Gasteiger partial charge in [-0.25, -0.2) is 4.79 Å². The molecule has 2 aromatic rings. The Morgan fingerprint density at radius 1 is 0.931 bits per heavy atom. The minimum atomic E-state index is -5.10. The van der Waals surface area contributed by atoms with Gasteiger partial charge in [-0.3, -0.25) is 4.79 Å². The summed E-state index contributed by atoms with van der Waals surface area (Å²) in [4.78, 5) is 24.3. The topological polar surface area (TPSA) is 55.4 Å². The molecule has 29 heavy (non-hydrogen) atoms. The monoisotopic (exact) mass is 419 g/mol. The minimum Gasteiger partial charge on any atom is -0.467 e. The molecule has 0 radical (unpaired) electrons. The Morgan fingerprint density at radius 3 is 1.90 bits per heavy atom. The maximum Gasteiger partial charge on any atom is 0.416 e. The van der Waals surface area contributed by atoms with E-state index in [1.165, 1.54) is 0 Å². The number of ether oxygens (including phenoxy) is 1. The Hall–Kier alpha value is -3.04. The summed E-state index contributed by atoms with van der Waals surface area (Å²) in [6, 6.07) is 7.49. The van der Waals surface area contributed by atoms with Gasteiger partial charge in [-0.15, -0.1) is 0 Å². The number of hydrogen-bond acceptors (Lipinski definition) is 3. The van der Waals surface area contributed by atoms with Crippen LogP contribution in [0.2, 0.25) is 0 Å². The van der Waals surface area contributed by atoms with Crippen LogP contribution in [0.1, 0.15) is 27.0 Å². The van der Waals surface area contributed by atoms with Gasteiger partial charge in [0.25, 0.3) is 5.91 Å². The van der Waals surface area contributed by atoms with Crippen LogP contribution in [0.15, 0.2) is 48.5 Å². The quantitative estimate of drug-likeness (QED) is 0.583. The van der Waals surface area contributed by atoms with Crippen molar-refractivity contribution in [3.63, 3.8) is 0 Å². The molecule has 0 heterocycles. The maximum atomic E-state index is 13.0. The molecular formula is C19H15F6NO3. The zero-order valence-corrected chi connectivity index (χ0v) is 14.9. The van der Waals surface area contributed by atoms with Gasteiger partial charge in [-0.2, -0.15) is 26.3 Å².